The Bertz CT molecular complexity index is 1570. The molecule has 194 valence electrons. The minimum Gasteiger partial charge on any atom is -0.507 e. The number of aliphatic hydroxyl groups is 1. The number of anilines is 1. The van der Waals surface area contributed by atoms with E-state index in [0.29, 0.717) is 45.6 Å². The van der Waals surface area contributed by atoms with Crippen LogP contribution in [0.5, 0.6) is 17.2 Å². The number of hydrogen-bond donors (Lipinski definition) is 1. The monoisotopic (exact) mass is 530 g/mol. The zero-order chi connectivity index (χ0) is 27.0. The van der Waals surface area contributed by atoms with Crippen molar-refractivity contribution in [3.05, 3.63) is 82.9 Å². The quantitative estimate of drug-likeness (QED) is 0.187. The molecule has 5 rings (SSSR count). The van der Waals surface area contributed by atoms with E-state index in [2.05, 4.69) is 4.98 Å². The molecule has 9 heteroatoms. The van der Waals surface area contributed by atoms with Gasteiger partial charge in [-0.3, -0.25) is 14.5 Å². The number of methoxy groups -OCH3 is 2. The fourth-order valence-corrected chi connectivity index (χ4v) is 5.58. The van der Waals surface area contributed by atoms with Crippen molar-refractivity contribution in [1.82, 2.24) is 4.98 Å². The number of ether oxygens (including phenoxy) is 3. The van der Waals surface area contributed by atoms with Gasteiger partial charge in [-0.05, 0) is 73.5 Å². The van der Waals surface area contributed by atoms with E-state index in [1.54, 1.807) is 68.8 Å². The lowest BCUT2D eigenvalue weighted by molar-refractivity contribution is -0.132. The Morgan fingerprint density at radius 2 is 1.74 bits per heavy atom. The third-order valence-electron chi connectivity index (χ3n) is 6.41. The molecule has 1 saturated heterocycles. The van der Waals surface area contributed by atoms with Crippen LogP contribution < -0.4 is 19.1 Å². The van der Waals surface area contributed by atoms with Crippen LogP contribution in [0, 0.1) is 6.92 Å². The number of aromatic nitrogens is 1. The molecule has 4 aromatic rings. The summed E-state index contributed by atoms with van der Waals surface area (Å²) in [5.41, 5.74) is 2.48. The molecule has 1 aliphatic heterocycles. The molecule has 2 heterocycles. The molecule has 0 saturated carbocycles. The number of thiazole rings is 1. The molecule has 0 unspecified atom stereocenters. The van der Waals surface area contributed by atoms with Crippen molar-refractivity contribution in [2.24, 2.45) is 0 Å². The molecule has 1 amide bonds. The average molecular weight is 531 g/mol. The SMILES string of the molecule is CCOc1ccc([C@@H]2/C(=C(\O)c3ccc(OC)c(C)c3)C(=O)C(=O)N2c2nc3ccc(OC)cc3s2)cc1. The van der Waals surface area contributed by atoms with Gasteiger partial charge in [0.2, 0.25) is 0 Å². The normalized spacial score (nSPS) is 16.7. The van der Waals surface area contributed by atoms with Gasteiger partial charge in [0, 0.05) is 5.56 Å². The minimum atomic E-state index is -0.893. The Morgan fingerprint density at radius 3 is 2.39 bits per heavy atom. The number of nitrogens with zero attached hydrogens (tertiary/aromatic N) is 2. The Morgan fingerprint density at radius 1 is 1.00 bits per heavy atom. The molecule has 1 aliphatic rings. The van der Waals surface area contributed by atoms with Gasteiger partial charge < -0.3 is 19.3 Å². The molecule has 1 atom stereocenters. The highest BCUT2D eigenvalue weighted by Gasteiger charge is 2.48. The van der Waals surface area contributed by atoms with Crippen molar-refractivity contribution in [1.29, 1.82) is 0 Å². The van der Waals surface area contributed by atoms with Crippen LogP contribution in [-0.4, -0.2) is 42.6 Å². The predicted molar refractivity (Wildman–Crippen MR) is 146 cm³/mol. The van der Waals surface area contributed by atoms with Crippen LogP contribution in [0.1, 0.15) is 29.7 Å². The number of amides is 1. The lowest BCUT2D eigenvalue weighted by Crippen LogP contribution is -2.29. The summed E-state index contributed by atoms with van der Waals surface area (Å²) in [5, 5.41) is 11.8. The fraction of sp³-hybridized carbons (Fsp3) is 0.207. The molecule has 3 aromatic carbocycles. The molecule has 38 heavy (non-hydrogen) atoms. The molecule has 1 N–H and O–H groups in total. The van der Waals surface area contributed by atoms with Crippen LogP contribution in [0.4, 0.5) is 5.13 Å². The summed E-state index contributed by atoms with van der Waals surface area (Å²) in [6, 6.07) is 16.8. The van der Waals surface area contributed by atoms with Crippen LogP contribution in [0.2, 0.25) is 0 Å². The van der Waals surface area contributed by atoms with Gasteiger partial charge in [0.05, 0.1) is 42.7 Å². The molecular weight excluding hydrogens is 504 g/mol. The van der Waals surface area contributed by atoms with Crippen molar-refractivity contribution in [2.75, 3.05) is 25.7 Å². The molecule has 1 fully saturated rings. The number of fused-ring (bicyclic) bond motifs is 1. The summed E-state index contributed by atoms with van der Waals surface area (Å²) in [6.07, 6.45) is 0. The van der Waals surface area contributed by atoms with Crippen molar-refractivity contribution in [3.8, 4) is 17.2 Å². The van der Waals surface area contributed by atoms with E-state index >= 15 is 0 Å². The highest BCUT2D eigenvalue weighted by molar-refractivity contribution is 7.22. The van der Waals surface area contributed by atoms with Gasteiger partial charge in [-0.25, -0.2) is 4.98 Å². The predicted octanol–water partition coefficient (Wildman–Crippen LogP) is 5.65. The summed E-state index contributed by atoms with van der Waals surface area (Å²) in [7, 11) is 3.14. The van der Waals surface area contributed by atoms with E-state index in [1.807, 2.05) is 19.9 Å². The highest BCUT2D eigenvalue weighted by Crippen LogP contribution is 2.45. The Hall–Kier alpha value is -4.37. The second-order valence-corrected chi connectivity index (χ2v) is 9.69. The van der Waals surface area contributed by atoms with E-state index in [-0.39, 0.29) is 11.3 Å². The van der Waals surface area contributed by atoms with Gasteiger partial charge >= 0.3 is 5.91 Å². The first-order valence-electron chi connectivity index (χ1n) is 12.0. The number of carbonyl (C=O) groups is 2. The molecule has 0 aliphatic carbocycles. The third kappa shape index (κ3) is 4.35. The van der Waals surface area contributed by atoms with Crippen LogP contribution in [0.3, 0.4) is 0 Å². The van der Waals surface area contributed by atoms with E-state index < -0.39 is 17.7 Å². The summed E-state index contributed by atoms with van der Waals surface area (Å²) < 4.78 is 17.0. The lowest BCUT2D eigenvalue weighted by atomic mass is 9.95. The van der Waals surface area contributed by atoms with E-state index in [1.165, 1.54) is 16.2 Å². The van der Waals surface area contributed by atoms with Gasteiger partial charge in [-0.15, -0.1) is 0 Å². The van der Waals surface area contributed by atoms with E-state index in [4.69, 9.17) is 14.2 Å². The second kappa shape index (κ2) is 10.2. The lowest BCUT2D eigenvalue weighted by Gasteiger charge is -2.23. The van der Waals surface area contributed by atoms with Gasteiger partial charge in [0.1, 0.15) is 23.0 Å². The molecule has 8 nitrogen and oxygen atoms in total. The second-order valence-electron chi connectivity index (χ2n) is 8.69. The Balaban J connectivity index is 1.69. The largest absolute Gasteiger partial charge is 0.507 e. The number of hydrogen-bond acceptors (Lipinski definition) is 8. The van der Waals surface area contributed by atoms with Crippen molar-refractivity contribution < 1.29 is 28.9 Å². The number of rotatable bonds is 7. The molecular formula is C29H26N2O6S. The number of aliphatic hydroxyl groups excluding tert-OH is 1. The van der Waals surface area contributed by atoms with Crippen LogP contribution in [0.25, 0.3) is 16.0 Å². The van der Waals surface area contributed by atoms with Gasteiger partial charge in [0.15, 0.2) is 5.13 Å². The molecule has 1 aromatic heterocycles. The Labute approximate surface area is 223 Å². The molecule has 0 spiro atoms. The number of carbonyl (C=O) groups excluding carboxylic acids is 2. The topological polar surface area (TPSA) is 98.2 Å². The smallest absolute Gasteiger partial charge is 0.301 e. The molecule has 0 radical (unpaired) electrons. The van der Waals surface area contributed by atoms with Crippen molar-refractivity contribution in [3.63, 3.8) is 0 Å². The van der Waals surface area contributed by atoms with E-state index in [0.717, 1.165) is 10.3 Å². The first kappa shape index (κ1) is 25.3. The maximum atomic E-state index is 13.5. The van der Waals surface area contributed by atoms with Crippen molar-refractivity contribution in [2.45, 2.75) is 19.9 Å². The Kier molecular flexibility index (Phi) is 6.77. The maximum absolute atomic E-state index is 13.5. The average Bonchev–Trinajstić information content (AvgIpc) is 3.46. The fourth-order valence-electron chi connectivity index (χ4n) is 4.56. The number of aryl methyl sites for hydroxylation is 1. The van der Waals surface area contributed by atoms with E-state index in [9.17, 15) is 14.7 Å². The summed E-state index contributed by atoms with van der Waals surface area (Å²) >= 11 is 1.27. The maximum Gasteiger partial charge on any atom is 0.301 e. The summed E-state index contributed by atoms with van der Waals surface area (Å²) in [5.74, 6) is 0.153. The van der Waals surface area contributed by atoms with Crippen molar-refractivity contribution >= 4 is 44.1 Å². The summed E-state index contributed by atoms with van der Waals surface area (Å²) in [4.78, 5) is 33.0. The van der Waals surface area contributed by atoms with Gasteiger partial charge in [-0.1, -0.05) is 23.5 Å². The first-order chi connectivity index (χ1) is 18.4. The van der Waals surface area contributed by atoms with Crippen LogP contribution >= 0.6 is 11.3 Å². The zero-order valence-electron chi connectivity index (χ0n) is 21.3. The first-order valence-corrected chi connectivity index (χ1v) is 12.8. The standard InChI is InChI=1S/C29H26N2O6S/c1-5-37-19-9-6-17(7-10-19)25-24(26(32)18-8-13-22(36-4)16(2)14-18)27(33)28(34)31(25)29-30-21-12-11-20(35-3)15-23(21)38-29/h6-15,25,32H,5H2,1-4H3/b26-24+/t25-/m1/s1. The zero-order valence-corrected chi connectivity index (χ0v) is 22.2. The van der Waals surface area contributed by atoms with Gasteiger partial charge in [-0.2, -0.15) is 0 Å². The van der Waals surface area contributed by atoms with Crippen LogP contribution in [0.15, 0.2) is 66.2 Å². The third-order valence-corrected chi connectivity index (χ3v) is 7.43. The molecule has 0 bridgehead atoms. The van der Waals surface area contributed by atoms with Gasteiger partial charge in [0.25, 0.3) is 5.78 Å². The minimum absolute atomic E-state index is 0.0134. The number of benzene rings is 3. The summed E-state index contributed by atoms with van der Waals surface area (Å²) in [6.45, 7) is 4.24. The number of ketones is 1. The highest BCUT2D eigenvalue weighted by atomic mass is 32.1. The van der Waals surface area contributed by atoms with Crippen LogP contribution in [-0.2, 0) is 9.59 Å². The number of Topliss-reactive ketones (excluding diaryl/α,β-unsaturated/α-hetero) is 1.